The minimum Gasteiger partial charge on any atom is -0.456 e. The number of furan rings is 1. The number of hydrogen-bond donors (Lipinski definition) is 0. The molecule has 0 radical (unpaired) electrons. The van der Waals surface area contributed by atoms with Crippen LogP contribution in [-0.2, 0) is 0 Å². The van der Waals surface area contributed by atoms with Crippen LogP contribution in [0.3, 0.4) is 0 Å². The third kappa shape index (κ3) is 4.35. The van der Waals surface area contributed by atoms with Gasteiger partial charge in [0.2, 0.25) is 0 Å². The molecule has 4 nitrogen and oxygen atoms in total. The molecule has 0 saturated carbocycles. The van der Waals surface area contributed by atoms with Crippen LogP contribution in [0.1, 0.15) is 0 Å². The molecule has 0 aliphatic rings. The van der Waals surface area contributed by atoms with Crippen molar-refractivity contribution in [3.63, 3.8) is 0 Å². The largest absolute Gasteiger partial charge is 0.456 e. The molecular weight excluding hydrogens is 582 g/mol. The molecule has 0 saturated heterocycles. The summed E-state index contributed by atoms with van der Waals surface area (Å²) in [6.45, 7) is 0. The van der Waals surface area contributed by atoms with Crippen LogP contribution < -0.4 is 0 Å². The van der Waals surface area contributed by atoms with Crippen molar-refractivity contribution >= 4 is 48.6 Å². The lowest BCUT2D eigenvalue weighted by molar-refractivity contribution is 0.669. The van der Waals surface area contributed by atoms with Crippen molar-refractivity contribution in [3.8, 4) is 45.3 Å². The van der Waals surface area contributed by atoms with Crippen LogP contribution >= 0.6 is 15.9 Å². The Kier molecular flexibility index (Phi) is 5.90. The fourth-order valence-electron chi connectivity index (χ4n) is 5.53. The fourth-order valence-corrected chi connectivity index (χ4v) is 6.00. The van der Waals surface area contributed by atoms with E-state index in [9.17, 15) is 0 Å². The molecule has 0 bridgehead atoms. The lowest BCUT2D eigenvalue weighted by atomic mass is 9.97. The van der Waals surface area contributed by atoms with Gasteiger partial charge in [0.25, 0.3) is 0 Å². The van der Waals surface area contributed by atoms with Crippen molar-refractivity contribution in [2.45, 2.75) is 0 Å². The highest BCUT2D eigenvalue weighted by Gasteiger charge is 2.15. The van der Waals surface area contributed by atoms with Crippen molar-refractivity contribution < 1.29 is 4.42 Å². The zero-order valence-corrected chi connectivity index (χ0v) is 23.9. The number of hydrogen-bond acceptors (Lipinski definition) is 4. The average molecular weight is 605 g/mol. The Labute approximate surface area is 250 Å². The van der Waals surface area contributed by atoms with Gasteiger partial charge < -0.3 is 4.42 Å². The maximum atomic E-state index is 6.06. The molecule has 8 rings (SSSR count). The first-order chi connectivity index (χ1) is 20.7. The molecule has 6 aromatic carbocycles. The zero-order valence-electron chi connectivity index (χ0n) is 22.3. The molecule has 2 heterocycles. The molecule has 0 unspecified atom stereocenters. The van der Waals surface area contributed by atoms with Crippen molar-refractivity contribution in [1.82, 2.24) is 15.0 Å². The molecule has 0 atom stereocenters. The Morgan fingerprint density at radius 2 is 1.00 bits per heavy atom. The summed E-state index contributed by atoms with van der Waals surface area (Å²) in [6, 6.07) is 45.5. The molecule has 0 fully saturated rings. The maximum Gasteiger partial charge on any atom is 0.164 e. The van der Waals surface area contributed by atoms with E-state index in [0.29, 0.717) is 17.5 Å². The molecule has 0 N–H and O–H groups in total. The second kappa shape index (κ2) is 10.1. The SMILES string of the molecule is Brc1cc(-c2ccc(-c3nc(-c4ccccc4)nc(-c4ccc5oc6ccccc6c5c4)n3)cc2)c2ccccc2c1. The molecule has 0 aliphatic heterocycles. The van der Waals surface area contributed by atoms with Crippen LogP contribution in [0.25, 0.3) is 78.0 Å². The highest BCUT2D eigenvalue weighted by atomic mass is 79.9. The number of aromatic nitrogens is 3. The predicted molar refractivity (Wildman–Crippen MR) is 174 cm³/mol. The van der Waals surface area contributed by atoms with Crippen LogP contribution in [0.4, 0.5) is 0 Å². The van der Waals surface area contributed by atoms with Gasteiger partial charge in [-0.2, -0.15) is 0 Å². The van der Waals surface area contributed by atoms with E-state index < -0.39 is 0 Å². The topological polar surface area (TPSA) is 51.8 Å². The number of nitrogens with zero attached hydrogens (tertiary/aromatic N) is 3. The van der Waals surface area contributed by atoms with Gasteiger partial charge in [0, 0.05) is 31.9 Å². The van der Waals surface area contributed by atoms with Gasteiger partial charge in [0.1, 0.15) is 11.2 Å². The van der Waals surface area contributed by atoms with Gasteiger partial charge in [-0.25, -0.2) is 15.0 Å². The molecule has 0 amide bonds. The number of benzene rings is 6. The number of para-hydroxylation sites is 1. The third-order valence-corrected chi connectivity index (χ3v) is 8.04. The molecule has 2 aromatic heterocycles. The first-order valence-electron chi connectivity index (χ1n) is 13.7. The lowest BCUT2D eigenvalue weighted by Crippen LogP contribution is -2.00. The average Bonchev–Trinajstić information content (AvgIpc) is 3.43. The number of fused-ring (bicyclic) bond motifs is 4. The quantitative estimate of drug-likeness (QED) is 0.201. The smallest absolute Gasteiger partial charge is 0.164 e. The molecular formula is C37H22BrN3O. The van der Waals surface area contributed by atoms with E-state index in [-0.39, 0.29) is 0 Å². The van der Waals surface area contributed by atoms with E-state index in [0.717, 1.165) is 48.7 Å². The monoisotopic (exact) mass is 603 g/mol. The second-order valence-electron chi connectivity index (χ2n) is 10.2. The first-order valence-corrected chi connectivity index (χ1v) is 14.5. The summed E-state index contributed by atoms with van der Waals surface area (Å²) < 4.78 is 7.11. The highest BCUT2D eigenvalue weighted by Crippen LogP contribution is 2.35. The summed E-state index contributed by atoms with van der Waals surface area (Å²) in [4.78, 5) is 14.8. The fraction of sp³-hybridized carbons (Fsp3) is 0. The summed E-state index contributed by atoms with van der Waals surface area (Å²) in [6.07, 6.45) is 0. The van der Waals surface area contributed by atoms with E-state index in [2.05, 4.69) is 88.7 Å². The van der Waals surface area contributed by atoms with Gasteiger partial charge in [0.05, 0.1) is 0 Å². The van der Waals surface area contributed by atoms with E-state index in [1.807, 2.05) is 60.7 Å². The standard InChI is InChI=1S/C37H22BrN3O/c38-28-20-26-10-4-5-11-29(26)31(22-28)23-14-16-25(17-15-23)36-39-35(24-8-2-1-3-9-24)40-37(41-36)27-18-19-34-32(21-27)30-12-6-7-13-33(30)42-34/h1-22H. The van der Waals surface area contributed by atoms with Crippen LogP contribution in [0.2, 0.25) is 0 Å². The van der Waals surface area contributed by atoms with Crippen molar-refractivity contribution in [2.75, 3.05) is 0 Å². The minimum atomic E-state index is 0.619. The first kappa shape index (κ1) is 24.6. The molecule has 198 valence electrons. The number of rotatable bonds is 4. The third-order valence-electron chi connectivity index (χ3n) is 7.58. The van der Waals surface area contributed by atoms with Crippen LogP contribution in [-0.4, -0.2) is 15.0 Å². The Balaban J connectivity index is 1.26. The molecule has 0 spiro atoms. The molecule has 0 aliphatic carbocycles. The molecule has 8 aromatic rings. The normalized spacial score (nSPS) is 11.5. The van der Waals surface area contributed by atoms with Crippen LogP contribution in [0, 0.1) is 0 Å². The van der Waals surface area contributed by atoms with Gasteiger partial charge in [0.15, 0.2) is 17.5 Å². The summed E-state index contributed by atoms with van der Waals surface area (Å²) in [5.74, 6) is 1.88. The van der Waals surface area contributed by atoms with Gasteiger partial charge in [-0.15, -0.1) is 0 Å². The Bertz CT molecular complexity index is 2260. The zero-order chi connectivity index (χ0) is 28.0. The second-order valence-corrected chi connectivity index (χ2v) is 11.1. The maximum absolute atomic E-state index is 6.06. The van der Waals surface area contributed by atoms with Gasteiger partial charge in [-0.05, 0) is 58.3 Å². The highest BCUT2D eigenvalue weighted by molar-refractivity contribution is 9.10. The van der Waals surface area contributed by atoms with Crippen molar-refractivity contribution in [1.29, 1.82) is 0 Å². The summed E-state index contributed by atoms with van der Waals surface area (Å²) in [5.41, 5.74) is 6.78. The van der Waals surface area contributed by atoms with E-state index in [4.69, 9.17) is 19.4 Å². The summed E-state index contributed by atoms with van der Waals surface area (Å²) in [7, 11) is 0. The predicted octanol–water partition coefficient (Wildman–Crippen LogP) is 10.4. The van der Waals surface area contributed by atoms with E-state index in [1.54, 1.807) is 0 Å². The Morgan fingerprint density at radius 3 is 1.79 bits per heavy atom. The Hall–Kier alpha value is -5.13. The van der Waals surface area contributed by atoms with Gasteiger partial charge >= 0.3 is 0 Å². The number of halogens is 1. The van der Waals surface area contributed by atoms with Gasteiger partial charge in [-0.3, -0.25) is 0 Å². The van der Waals surface area contributed by atoms with E-state index >= 15 is 0 Å². The summed E-state index contributed by atoms with van der Waals surface area (Å²) >= 11 is 3.68. The van der Waals surface area contributed by atoms with Crippen molar-refractivity contribution in [2.24, 2.45) is 0 Å². The molecule has 5 heteroatoms. The van der Waals surface area contributed by atoms with Gasteiger partial charge in [-0.1, -0.05) is 113 Å². The Morgan fingerprint density at radius 1 is 0.429 bits per heavy atom. The minimum absolute atomic E-state index is 0.619. The van der Waals surface area contributed by atoms with Crippen LogP contribution in [0.15, 0.2) is 142 Å². The van der Waals surface area contributed by atoms with Crippen molar-refractivity contribution in [3.05, 3.63) is 138 Å². The summed E-state index contributed by atoms with van der Waals surface area (Å²) in [5, 5.41) is 4.52. The van der Waals surface area contributed by atoms with Crippen LogP contribution in [0.5, 0.6) is 0 Å². The molecule has 42 heavy (non-hydrogen) atoms. The van der Waals surface area contributed by atoms with E-state index in [1.165, 1.54) is 16.3 Å². The lowest BCUT2D eigenvalue weighted by Gasteiger charge is -2.11.